The standard InChI is InChI=1S/C21H25F4N5O/c1-12-26-18(11-19(27-12)30(2)3)28-14-5-7-15(8-6-14)29-20(31)13-4-9-16(17(22)10-13)21(23,24)25/h4,9-11,14-15H,5-8H2,1-3H3,(H,29,31)(H,26,27,28). The molecule has 168 valence electrons. The van der Waals surface area contributed by atoms with Crippen LogP contribution >= 0.6 is 0 Å². The average Bonchev–Trinajstić information content (AvgIpc) is 2.68. The molecule has 0 radical (unpaired) electrons. The first-order chi connectivity index (χ1) is 14.5. The maximum absolute atomic E-state index is 13.7. The van der Waals surface area contributed by atoms with Crippen LogP contribution in [0.4, 0.5) is 29.2 Å². The third-order valence-corrected chi connectivity index (χ3v) is 5.23. The van der Waals surface area contributed by atoms with Crippen LogP contribution in [0.5, 0.6) is 0 Å². The molecule has 1 aromatic heterocycles. The van der Waals surface area contributed by atoms with Crippen molar-refractivity contribution >= 4 is 17.5 Å². The smallest absolute Gasteiger partial charge is 0.367 e. The van der Waals surface area contributed by atoms with Crippen LogP contribution in [0.1, 0.15) is 47.4 Å². The number of carbonyl (C=O) groups is 1. The van der Waals surface area contributed by atoms with Crippen LogP contribution in [-0.4, -0.2) is 42.1 Å². The van der Waals surface area contributed by atoms with Crippen molar-refractivity contribution in [3.63, 3.8) is 0 Å². The highest BCUT2D eigenvalue weighted by molar-refractivity contribution is 5.94. The largest absolute Gasteiger partial charge is 0.419 e. The molecule has 3 rings (SSSR count). The van der Waals surface area contributed by atoms with E-state index in [4.69, 9.17) is 0 Å². The highest BCUT2D eigenvalue weighted by atomic mass is 19.4. The van der Waals surface area contributed by atoms with Crippen LogP contribution in [0, 0.1) is 12.7 Å². The molecular formula is C21H25F4N5O. The summed E-state index contributed by atoms with van der Waals surface area (Å²) in [5.74, 6) is 0.179. The van der Waals surface area contributed by atoms with Gasteiger partial charge in [0.05, 0.1) is 5.56 Å². The molecule has 0 aliphatic heterocycles. The van der Waals surface area contributed by atoms with Crippen LogP contribution in [0.15, 0.2) is 24.3 Å². The van der Waals surface area contributed by atoms with Gasteiger partial charge in [-0.25, -0.2) is 14.4 Å². The molecule has 1 fully saturated rings. The number of halogens is 4. The van der Waals surface area contributed by atoms with E-state index in [-0.39, 0.29) is 17.6 Å². The van der Waals surface area contributed by atoms with Gasteiger partial charge in [0.1, 0.15) is 23.3 Å². The van der Waals surface area contributed by atoms with Crippen LogP contribution in [0.25, 0.3) is 0 Å². The van der Waals surface area contributed by atoms with Gasteiger partial charge in [-0.2, -0.15) is 13.2 Å². The zero-order valence-corrected chi connectivity index (χ0v) is 17.6. The molecule has 1 aliphatic carbocycles. The number of hydrogen-bond acceptors (Lipinski definition) is 5. The topological polar surface area (TPSA) is 70.2 Å². The van der Waals surface area contributed by atoms with Crippen molar-refractivity contribution in [2.75, 3.05) is 24.3 Å². The Bertz CT molecular complexity index is 940. The molecule has 1 amide bonds. The van der Waals surface area contributed by atoms with E-state index in [1.54, 1.807) is 0 Å². The Kier molecular flexibility index (Phi) is 6.66. The number of nitrogens with zero attached hydrogens (tertiary/aromatic N) is 3. The number of carbonyl (C=O) groups excluding carboxylic acids is 1. The van der Waals surface area contributed by atoms with E-state index < -0.39 is 23.5 Å². The first kappa shape index (κ1) is 22.8. The number of aromatic nitrogens is 2. The molecule has 2 N–H and O–H groups in total. The van der Waals surface area contributed by atoms with Crippen molar-refractivity contribution in [3.05, 3.63) is 47.0 Å². The number of nitrogens with one attached hydrogen (secondary N) is 2. The fourth-order valence-electron chi connectivity index (χ4n) is 3.60. The number of rotatable bonds is 5. The van der Waals surface area contributed by atoms with E-state index in [2.05, 4.69) is 20.6 Å². The Morgan fingerprint density at radius 2 is 1.71 bits per heavy atom. The highest BCUT2D eigenvalue weighted by Gasteiger charge is 2.34. The third-order valence-electron chi connectivity index (χ3n) is 5.23. The summed E-state index contributed by atoms with van der Waals surface area (Å²) < 4.78 is 51.7. The van der Waals surface area contributed by atoms with Gasteiger partial charge in [-0.15, -0.1) is 0 Å². The lowest BCUT2D eigenvalue weighted by atomic mass is 9.91. The molecule has 2 aromatic rings. The lowest BCUT2D eigenvalue weighted by Crippen LogP contribution is -2.40. The van der Waals surface area contributed by atoms with Crippen molar-refractivity contribution in [3.8, 4) is 0 Å². The summed E-state index contributed by atoms with van der Waals surface area (Å²) in [4.78, 5) is 23.0. The molecule has 0 saturated heterocycles. The summed E-state index contributed by atoms with van der Waals surface area (Å²) in [5, 5.41) is 6.19. The molecule has 0 atom stereocenters. The molecule has 0 bridgehead atoms. The minimum Gasteiger partial charge on any atom is -0.367 e. The molecular weight excluding hydrogens is 414 g/mol. The van der Waals surface area contributed by atoms with Crippen molar-refractivity contribution in [2.45, 2.75) is 50.9 Å². The SMILES string of the molecule is Cc1nc(NC2CCC(NC(=O)c3ccc(C(F)(F)F)c(F)c3)CC2)cc(N(C)C)n1. The number of anilines is 2. The number of hydrogen-bond donors (Lipinski definition) is 2. The summed E-state index contributed by atoms with van der Waals surface area (Å²) in [5.41, 5.74) is -1.51. The van der Waals surface area contributed by atoms with E-state index in [1.165, 1.54) is 0 Å². The molecule has 1 aliphatic rings. The molecule has 10 heteroatoms. The zero-order chi connectivity index (χ0) is 22.8. The molecule has 31 heavy (non-hydrogen) atoms. The summed E-state index contributed by atoms with van der Waals surface area (Å²) in [6.45, 7) is 1.83. The van der Waals surface area contributed by atoms with Gasteiger partial charge >= 0.3 is 6.18 Å². The van der Waals surface area contributed by atoms with E-state index in [0.717, 1.165) is 30.5 Å². The lowest BCUT2D eigenvalue weighted by Gasteiger charge is -2.30. The first-order valence-electron chi connectivity index (χ1n) is 10.00. The number of alkyl halides is 3. The van der Waals surface area contributed by atoms with Gasteiger partial charge in [-0.05, 0) is 50.8 Å². The maximum atomic E-state index is 13.7. The van der Waals surface area contributed by atoms with Gasteiger partial charge in [-0.1, -0.05) is 0 Å². The van der Waals surface area contributed by atoms with Crippen molar-refractivity contribution < 1.29 is 22.4 Å². The summed E-state index contributed by atoms with van der Waals surface area (Å²) in [6.07, 6.45) is -1.84. The van der Waals surface area contributed by atoms with Crippen LogP contribution < -0.4 is 15.5 Å². The molecule has 6 nitrogen and oxygen atoms in total. The Morgan fingerprint density at radius 1 is 1.06 bits per heavy atom. The normalized spacial score (nSPS) is 19.1. The summed E-state index contributed by atoms with van der Waals surface area (Å²) in [6, 6.07) is 4.15. The van der Waals surface area contributed by atoms with E-state index >= 15 is 0 Å². The van der Waals surface area contributed by atoms with E-state index in [9.17, 15) is 22.4 Å². The first-order valence-corrected chi connectivity index (χ1v) is 10.00. The molecule has 1 heterocycles. The van der Waals surface area contributed by atoms with Crippen molar-refractivity contribution in [1.82, 2.24) is 15.3 Å². The lowest BCUT2D eigenvalue weighted by molar-refractivity contribution is -0.140. The van der Waals surface area contributed by atoms with Gasteiger partial charge in [0, 0.05) is 37.8 Å². The second-order valence-electron chi connectivity index (χ2n) is 7.91. The summed E-state index contributed by atoms with van der Waals surface area (Å²) in [7, 11) is 3.81. The molecule has 0 spiro atoms. The van der Waals surface area contributed by atoms with Gasteiger partial charge in [0.15, 0.2) is 0 Å². The Labute approximate surface area is 178 Å². The number of benzene rings is 1. The van der Waals surface area contributed by atoms with E-state index in [1.807, 2.05) is 32.0 Å². The quantitative estimate of drug-likeness (QED) is 0.685. The second kappa shape index (κ2) is 9.07. The van der Waals surface area contributed by atoms with Crippen LogP contribution in [0.2, 0.25) is 0 Å². The fraction of sp³-hybridized carbons (Fsp3) is 0.476. The Hall–Kier alpha value is -2.91. The predicted molar refractivity (Wildman–Crippen MR) is 110 cm³/mol. The monoisotopic (exact) mass is 439 g/mol. The number of aryl methyl sites for hydroxylation is 1. The zero-order valence-electron chi connectivity index (χ0n) is 17.6. The predicted octanol–water partition coefficient (Wildman–Crippen LogP) is 4.16. The van der Waals surface area contributed by atoms with Crippen molar-refractivity contribution in [2.24, 2.45) is 0 Å². The molecule has 1 saturated carbocycles. The second-order valence-corrected chi connectivity index (χ2v) is 7.91. The van der Waals surface area contributed by atoms with Gasteiger partial charge in [0.25, 0.3) is 5.91 Å². The maximum Gasteiger partial charge on any atom is 0.419 e. The Morgan fingerprint density at radius 3 is 2.29 bits per heavy atom. The average molecular weight is 439 g/mol. The third kappa shape index (κ3) is 5.83. The van der Waals surface area contributed by atoms with Crippen molar-refractivity contribution in [1.29, 1.82) is 0 Å². The van der Waals surface area contributed by atoms with Gasteiger partial charge in [-0.3, -0.25) is 4.79 Å². The minimum atomic E-state index is -4.79. The highest BCUT2D eigenvalue weighted by Crippen LogP contribution is 2.31. The van der Waals surface area contributed by atoms with E-state index in [0.29, 0.717) is 30.8 Å². The Balaban J connectivity index is 1.55. The van der Waals surface area contributed by atoms with Crippen LogP contribution in [0.3, 0.4) is 0 Å². The summed E-state index contributed by atoms with van der Waals surface area (Å²) >= 11 is 0. The fourth-order valence-corrected chi connectivity index (χ4v) is 3.60. The number of amides is 1. The van der Waals surface area contributed by atoms with Gasteiger partial charge < -0.3 is 15.5 Å². The van der Waals surface area contributed by atoms with Gasteiger partial charge in [0.2, 0.25) is 0 Å². The van der Waals surface area contributed by atoms with Crippen LogP contribution in [-0.2, 0) is 6.18 Å². The molecule has 1 aromatic carbocycles. The minimum absolute atomic E-state index is 0.125. The molecule has 0 unspecified atom stereocenters.